The van der Waals surface area contributed by atoms with Crippen molar-refractivity contribution < 1.29 is 14.8 Å². The summed E-state index contributed by atoms with van der Waals surface area (Å²) in [5, 5.41) is 30.6. The summed E-state index contributed by atoms with van der Waals surface area (Å²) in [6.45, 7) is -0.128. The van der Waals surface area contributed by atoms with Crippen LogP contribution in [0.4, 0.5) is 0 Å². The van der Waals surface area contributed by atoms with Gasteiger partial charge in [0.1, 0.15) is 5.71 Å². The second-order valence-electron chi connectivity index (χ2n) is 2.71. The van der Waals surface area contributed by atoms with E-state index in [0.717, 1.165) is 0 Å². The van der Waals surface area contributed by atoms with E-state index in [4.69, 9.17) is 5.11 Å². The Labute approximate surface area is 80.2 Å². The Hall–Kier alpha value is -1.66. The summed E-state index contributed by atoms with van der Waals surface area (Å²) in [5.74, 6) is -1.32. The number of rotatable bonds is 7. The van der Waals surface area contributed by atoms with Crippen LogP contribution in [0.5, 0.6) is 0 Å². The molecule has 0 fully saturated rings. The highest BCUT2D eigenvalue weighted by atomic mass is 16.6. The number of hydrogen-bond donors (Lipinski definition) is 1. The van der Waals surface area contributed by atoms with Crippen LogP contribution in [0.15, 0.2) is 5.16 Å². The fraction of sp³-hybridized carbons (Fsp3) is 0.714. The lowest BCUT2D eigenvalue weighted by atomic mass is 10.1. The molecule has 80 valence electrons. The molecule has 0 aliphatic heterocycles. The molecule has 7 nitrogen and oxygen atoms in total. The van der Waals surface area contributed by atoms with E-state index in [0.29, 0.717) is 19.3 Å². The minimum Gasteiger partial charge on any atom is -0.792 e. The molecular weight excluding hydrogens is 192 g/mol. The third-order valence-electron chi connectivity index (χ3n) is 1.61. The van der Waals surface area contributed by atoms with Crippen LogP contribution in [0.1, 0.15) is 25.7 Å². The van der Waals surface area contributed by atoms with Crippen molar-refractivity contribution in [2.45, 2.75) is 25.7 Å². The maximum atomic E-state index is 10.3. The summed E-state index contributed by atoms with van der Waals surface area (Å²) in [6.07, 6.45) is 1.41. The predicted octanol–water partition coefficient (Wildman–Crippen LogP) is 0.847. The van der Waals surface area contributed by atoms with Gasteiger partial charge in [-0.1, -0.05) is 0 Å². The highest BCUT2D eigenvalue weighted by Crippen LogP contribution is 2.02. The van der Waals surface area contributed by atoms with E-state index < -0.39 is 16.6 Å². The van der Waals surface area contributed by atoms with Gasteiger partial charge in [-0.15, -0.1) is 0 Å². The van der Waals surface area contributed by atoms with Gasteiger partial charge < -0.3 is 15.5 Å². The lowest BCUT2D eigenvalue weighted by molar-refractivity contribution is -0.480. The molecule has 1 N–H and O–H groups in total. The molecule has 0 rings (SSSR count). The highest BCUT2D eigenvalue weighted by molar-refractivity contribution is 6.35. The van der Waals surface area contributed by atoms with Gasteiger partial charge in [-0.05, 0) is 19.3 Å². The standard InChI is InChI=1S/C7H12N2O5/c10-7(11)6(8-12)4-2-1-3-5-9(13)14/h12H,1-5H2,(H,10,11)/p-1. The van der Waals surface area contributed by atoms with E-state index in [-0.39, 0.29) is 13.0 Å². The van der Waals surface area contributed by atoms with Crippen LogP contribution in [0.3, 0.4) is 0 Å². The van der Waals surface area contributed by atoms with Crippen molar-refractivity contribution in [1.29, 1.82) is 0 Å². The molecule has 0 aliphatic rings. The highest BCUT2D eigenvalue weighted by Gasteiger charge is 2.06. The Morgan fingerprint density at radius 1 is 1.36 bits per heavy atom. The molecule has 0 heterocycles. The largest absolute Gasteiger partial charge is 0.792 e. The molecule has 0 unspecified atom stereocenters. The summed E-state index contributed by atoms with van der Waals surface area (Å²) in [4.78, 5) is 19.7. The minimum atomic E-state index is -1.32. The van der Waals surface area contributed by atoms with Gasteiger partial charge in [0.25, 0.3) is 0 Å². The SMILES string of the molecule is O=C(O)C(CCCCC[N+](=O)[O-])=N[O-]. The number of nitro groups is 1. The molecule has 0 aromatic heterocycles. The fourth-order valence-electron chi connectivity index (χ4n) is 0.902. The van der Waals surface area contributed by atoms with E-state index in [1.165, 1.54) is 0 Å². The van der Waals surface area contributed by atoms with Gasteiger partial charge in [0.15, 0.2) is 0 Å². The second-order valence-corrected chi connectivity index (χ2v) is 2.71. The second kappa shape index (κ2) is 6.81. The van der Waals surface area contributed by atoms with E-state index >= 15 is 0 Å². The van der Waals surface area contributed by atoms with Crippen molar-refractivity contribution in [2.75, 3.05) is 6.54 Å². The molecular formula is C7H11N2O5-. The van der Waals surface area contributed by atoms with Crippen LogP contribution in [0.25, 0.3) is 0 Å². The van der Waals surface area contributed by atoms with Gasteiger partial charge in [0, 0.05) is 11.3 Å². The van der Waals surface area contributed by atoms with Crippen molar-refractivity contribution in [3.8, 4) is 0 Å². The monoisotopic (exact) mass is 203 g/mol. The topological polar surface area (TPSA) is 116 Å². The van der Waals surface area contributed by atoms with Crippen LogP contribution in [0, 0.1) is 15.3 Å². The molecule has 0 aromatic rings. The molecule has 0 saturated heterocycles. The summed E-state index contributed by atoms with van der Waals surface area (Å²) >= 11 is 0. The first kappa shape index (κ1) is 12.3. The van der Waals surface area contributed by atoms with Gasteiger partial charge in [-0.3, -0.25) is 10.1 Å². The molecule has 0 aromatic carbocycles. The summed E-state index contributed by atoms with van der Waals surface area (Å²) in [7, 11) is 0. The molecule has 0 radical (unpaired) electrons. The van der Waals surface area contributed by atoms with Gasteiger partial charge >= 0.3 is 5.97 Å². The first-order valence-electron chi connectivity index (χ1n) is 4.12. The Morgan fingerprint density at radius 2 is 2.00 bits per heavy atom. The van der Waals surface area contributed by atoms with Gasteiger partial charge in [0.05, 0.1) is 0 Å². The molecule has 0 saturated carbocycles. The van der Waals surface area contributed by atoms with Gasteiger partial charge in [-0.25, -0.2) is 4.79 Å². The van der Waals surface area contributed by atoms with Crippen molar-refractivity contribution in [2.24, 2.45) is 5.16 Å². The Balaban J connectivity index is 3.53. The molecule has 0 spiro atoms. The van der Waals surface area contributed by atoms with Crippen LogP contribution in [0.2, 0.25) is 0 Å². The molecule has 0 atom stereocenters. The van der Waals surface area contributed by atoms with Crippen molar-refractivity contribution in [1.82, 2.24) is 0 Å². The maximum absolute atomic E-state index is 10.3. The molecule has 0 amide bonds. The van der Waals surface area contributed by atoms with Crippen molar-refractivity contribution in [3.05, 3.63) is 15.3 Å². The zero-order valence-electron chi connectivity index (χ0n) is 7.51. The lowest BCUT2D eigenvalue weighted by Crippen LogP contribution is -2.12. The number of hydrogen-bond acceptors (Lipinski definition) is 5. The van der Waals surface area contributed by atoms with Crippen LogP contribution in [-0.2, 0) is 4.79 Å². The summed E-state index contributed by atoms with van der Waals surface area (Å²) in [5.41, 5.74) is -0.425. The zero-order chi connectivity index (χ0) is 11.0. The van der Waals surface area contributed by atoms with E-state index in [2.05, 4.69) is 5.16 Å². The normalized spacial score (nSPS) is 11.3. The van der Waals surface area contributed by atoms with Crippen molar-refractivity contribution in [3.63, 3.8) is 0 Å². The minimum absolute atomic E-state index is 0.0660. The van der Waals surface area contributed by atoms with E-state index in [1.54, 1.807) is 0 Å². The summed E-state index contributed by atoms with van der Waals surface area (Å²) in [6, 6.07) is 0. The average Bonchev–Trinajstić information content (AvgIpc) is 2.10. The van der Waals surface area contributed by atoms with Gasteiger partial charge in [0.2, 0.25) is 6.54 Å². The average molecular weight is 203 g/mol. The predicted molar refractivity (Wildman–Crippen MR) is 48.8 cm³/mol. The summed E-state index contributed by atoms with van der Waals surface area (Å²) < 4.78 is 0. The number of aliphatic carboxylic acids is 1. The van der Waals surface area contributed by atoms with E-state index in [9.17, 15) is 20.1 Å². The van der Waals surface area contributed by atoms with Crippen LogP contribution in [-0.4, -0.2) is 28.3 Å². The lowest BCUT2D eigenvalue weighted by Gasteiger charge is -2.02. The quantitative estimate of drug-likeness (QED) is 0.285. The molecule has 0 aliphatic carbocycles. The fourth-order valence-corrected chi connectivity index (χ4v) is 0.902. The molecule has 0 bridgehead atoms. The van der Waals surface area contributed by atoms with Crippen molar-refractivity contribution >= 4 is 11.7 Å². The van der Waals surface area contributed by atoms with Crippen LogP contribution >= 0.6 is 0 Å². The van der Waals surface area contributed by atoms with E-state index in [1.807, 2.05) is 0 Å². The molecule has 7 heteroatoms. The maximum Gasteiger partial charge on any atom is 0.349 e. The number of carboxylic acids is 1. The number of carboxylic acid groups (broad SMARTS) is 1. The Kier molecular flexibility index (Phi) is 6.01. The first-order valence-corrected chi connectivity index (χ1v) is 4.12. The Bertz CT molecular complexity index is 238. The zero-order valence-corrected chi connectivity index (χ0v) is 7.51. The number of nitrogens with zero attached hydrogens (tertiary/aromatic N) is 2. The smallest absolute Gasteiger partial charge is 0.349 e. The first-order chi connectivity index (χ1) is 6.57. The van der Waals surface area contributed by atoms with Gasteiger partial charge in [-0.2, -0.15) is 0 Å². The molecule has 14 heavy (non-hydrogen) atoms. The third-order valence-corrected chi connectivity index (χ3v) is 1.61. The number of carbonyl (C=O) groups is 1. The third kappa shape index (κ3) is 5.92. The Morgan fingerprint density at radius 3 is 2.43 bits per heavy atom. The number of unbranched alkanes of at least 4 members (excludes halogenated alkanes) is 2. The van der Waals surface area contributed by atoms with Crippen LogP contribution < -0.4 is 0 Å².